The summed E-state index contributed by atoms with van der Waals surface area (Å²) in [5.41, 5.74) is 0.526. The van der Waals surface area contributed by atoms with Gasteiger partial charge in [0, 0.05) is 6.54 Å². The van der Waals surface area contributed by atoms with Gasteiger partial charge in [0.05, 0.1) is 12.1 Å². The summed E-state index contributed by atoms with van der Waals surface area (Å²) in [6.45, 7) is 2.10. The van der Waals surface area contributed by atoms with Crippen LogP contribution in [0.25, 0.3) is 5.69 Å². The molecule has 120 valence electrons. The summed E-state index contributed by atoms with van der Waals surface area (Å²) < 4.78 is 1.52. The predicted octanol–water partition coefficient (Wildman–Crippen LogP) is 0.670. The fraction of sp³-hybridized carbons (Fsp3) is 0.400. The molecule has 3 rings (SSSR count). The van der Waals surface area contributed by atoms with Crippen LogP contribution < -0.4 is 0 Å². The molecule has 0 bridgehead atoms. The van der Waals surface area contributed by atoms with Crippen molar-refractivity contribution in [3.8, 4) is 5.69 Å². The van der Waals surface area contributed by atoms with Gasteiger partial charge in [-0.3, -0.25) is 4.79 Å². The van der Waals surface area contributed by atoms with Crippen molar-refractivity contribution in [1.29, 1.82) is 0 Å². The zero-order chi connectivity index (χ0) is 16.4. The van der Waals surface area contributed by atoms with Crippen LogP contribution in [0.15, 0.2) is 30.6 Å². The van der Waals surface area contributed by atoms with Crippen molar-refractivity contribution in [3.63, 3.8) is 0 Å². The second-order valence-corrected chi connectivity index (χ2v) is 5.83. The van der Waals surface area contributed by atoms with Crippen LogP contribution in [0.2, 0.25) is 0 Å². The number of carboxylic acid groups (broad SMARTS) is 1. The maximum atomic E-state index is 12.5. The third-order valence-electron chi connectivity index (χ3n) is 4.31. The first-order valence-electron chi connectivity index (χ1n) is 7.37. The number of benzene rings is 1. The van der Waals surface area contributed by atoms with Crippen LogP contribution >= 0.6 is 0 Å². The van der Waals surface area contributed by atoms with E-state index in [0.29, 0.717) is 19.4 Å². The molecule has 1 aromatic carbocycles. The number of rotatable bonds is 4. The quantitative estimate of drug-likeness (QED) is 0.890. The average Bonchev–Trinajstić information content (AvgIpc) is 3.18. The van der Waals surface area contributed by atoms with Crippen LogP contribution in [0.5, 0.6) is 0 Å². The summed E-state index contributed by atoms with van der Waals surface area (Å²) in [6, 6.07) is 7.28. The SMILES string of the molecule is CC1(C(=O)O)CCCN1C(=O)Cc1ccc(-n2cnnn2)cc1. The third-order valence-corrected chi connectivity index (χ3v) is 4.31. The summed E-state index contributed by atoms with van der Waals surface area (Å²) >= 11 is 0. The largest absolute Gasteiger partial charge is 0.480 e. The van der Waals surface area contributed by atoms with Crippen molar-refractivity contribution in [3.05, 3.63) is 36.2 Å². The number of hydrogen-bond acceptors (Lipinski definition) is 5. The van der Waals surface area contributed by atoms with Crippen LogP contribution in [-0.4, -0.2) is 54.2 Å². The normalized spacial score (nSPS) is 20.7. The molecule has 0 saturated carbocycles. The highest BCUT2D eigenvalue weighted by atomic mass is 16.4. The summed E-state index contributed by atoms with van der Waals surface area (Å²) in [5.74, 6) is -1.11. The van der Waals surface area contributed by atoms with Gasteiger partial charge in [-0.25, -0.2) is 9.48 Å². The van der Waals surface area contributed by atoms with Gasteiger partial charge in [0.2, 0.25) is 5.91 Å². The Morgan fingerprint density at radius 1 is 1.30 bits per heavy atom. The zero-order valence-corrected chi connectivity index (χ0v) is 12.7. The monoisotopic (exact) mass is 315 g/mol. The van der Waals surface area contributed by atoms with Crippen molar-refractivity contribution >= 4 is 11.9 Å². The van der Waals surface area contributed by atoms with Crippen LogP contribution in [0, 0.1) is 0 Å². The molecule has 1 aliphatic rings. The van der Waals surface area contributed by atoms with Gasteiger partial charge < -0.3 is 10.0 Å². The maximum Gasteiger partial charge on any atom is 0.329 e. The number of carbonyl (C=O) groups is 2. The molecule has 8 nitrogen and oxygen atoms in total. The maximum absolute atomic E-state index is 12.5. The van der Waals surface area contributed by atoms with Crippen LogP contribution in [0.1, 0.15) is 25.3 Å². The molecule has 0 aliphatic carbocycles. The summed E-state index contributed by atoms with van der Waals surface area (Å²) in [5, 5.41) is 20.3. The molecule has 1 aromatic heterocycles. The van der Waals surface area contributed by atoms with Crippen molar-refractivity contribution in [1.82, 2.24) is 25.1 Å². The van der Waals surface area contributed by atoms with Crippen molar-refractivity contribution in [2.75, 3.05) is 6.54 Å². The van der Waals surface area contributed by atoms with Crippen LogP contribution in [0.3, 0.4) is 0 Å². The topological polar surface area (TPSA) is 101 Å². The second-order valence-electron chi connectivity index (χ2n) is 5.83. The van der Waals surface area contributed by atoms with Gasteiger partial charge in [-0.05, 0) is 47.9 Å². The molecule has 1 aliphatic heterocycles. The molecule has 0 radical (unpaired) electrons. The number of tetrazole rings is 1. The Hall–Kier alpha value is -2.77. The minimum absolute atomic E-state index is 0.164. The molecule has 1 unspecified atom stereocenters. The van der Waals surface area contributed by atoms with E-state index in [1.807, 2.05) is 24.3 Å². The van der Waals surface area contributed by atoms with E-state index in [1.165, 1.54) is 15.9 Å². The number of aliphatic carboxylic acids is 1. The van der Waals surface area contributed by atoms with E-state index < -0.39 is 11.5 Å². The fourth-order valence-corrected chi connectivity index (χ4v) is 2.90. The lowest BCUT2D eigenvalue weighted by molar-refractivity contribution is -0.155. The highest BCUT2D eigenvalue weighted by Crippen LogP contribution is 2.29. The Bertz CT molecular complexity index is 713. The Balaban J connectivity index is 1.72. The third kappa shape index (κ3) is 2.79. The molecule has 2 heterocycles. The number of nitrogens with zero attached hydrogens (tertiary/aromatic N) is 5. The Morgan fingerprint density at radius 3 is 2.65 bits per heavy atom. The first-order chi connectivity index (χ1) is 11.0. The van der Waals surface area contributed by atoms with Crippen molar-refractivity contribution < 1.29 is 14.7 Å². The highest BCUT2D eigenvalue weighted by Gasteiger charge is 2.45. The molecular weight excluding hydrogens is 298 g/mol. The minimum Gasteiger partial charge on any atom is -0.480 e. The van der Waals surface area contributed by atoms with E-state index in [4.69, 9.17) is 0 Å². The van der Waals surface area contributed by atoms with E-state index in [0.717, 1.165) is 11.3 Å². The van der Waals surface area contributed by atoms with Gasteiger partial charge in [0.15, 0.2) is 0 Å². The van der Waals surface area contributed by atoms with E-state index in [2.05, 4.69) is 15.5 Å². The number of amides is 1. The fourth-order valence-electron chi connectivity index (χ4n) is 2.90. The van der Waals surface area contributed by atoms with Gasteiger partial charge in [0.1, 0.15) is 11.9 Å². The molecule has 0 spiro atoms. The molecule has 2 aromatic rings. The summed E-state index contributed by atoms with van der Waals surface area (Å²) in [4.78, 5) is 25.4. The second kappa shape index (κ2) is 5.79. The number of hydrogen-bond donors (Lipinski definition) is 1. The lowest BCUT2D eigenvalue weighted by atomic mass is 9.98. The van der Waals surface area contributed by atoms with Gasteiger partial charge in [0.25, 0.3) is 0 Å². The minimum atomic E-state index is -1.09. The Morgan fingerprint density at radius 2 is 2.04 bits per heavy atom. The lowest BCUT2D eigenvalue weighted by Crippen LogP contribution is -2.51. The molecule has 1 atom stereocenters. The first-order valence-corrected chi connectivity index (χ1v) is 7.37. The standard InChI is InChI=1S/C15H17N5O3/c1-15(14(22)23)7-2-8-19(15)13(21)9-11-3-5-12(6-4-11)20-10-16-17-18-20/h3-6,10H,2,7-9H2,1H3,(H,22,23). The molecule has 1 amide bonds. The highest BCUT2D eigenvalue weighted by molar-refractivity contribution is 5.88. The smallest absolute Gasteiger partial charge is 0.329 e. The van der Waals surface area contributed by atoms with Crippen molar-refractivity contribution in [2.45, 2.75) is 31.7 Å². The number of carboxylic acids is 1. The van der Waals surface area contributed by atoms with Gasteiger partial charge in [-0.15, -0.1) is 5.10 Å². The average molecular weight is 315 g/mol. The van der Waals surface area contributed by atoms with Gasteiger partial charge >= 0.3 is 5.97 Å². The molecule has 1 saturated heterocycles. The zero-order valence-electron chi connectivity index (χ0n) is 12.7. The van der Waals surface area contributed by atoms with E-state index in [-0.39, 0.29) is 12.3 Å². The predicted molar refractivity (Wildman–Crippen MR) is 79.8 cm³/mol. The Kier molecular flexibility index (Phi) is 3.81. The van der Waals surface area contributed by atoms with Gasteiger partial charge in [-0.1, -0.05) is 12.1 Å². The number of aromatic nitrogens is 4. The van der Waals surface area contributed by atoms with E-state index in [9.17, 15) is 14.7 Å². The van der Waals surface area contributed by atoms with Crippen molar-refractivity contribution in [2.24, 2.45) is 0 Å². The molecule has 1 N–H and O–H groups in total. The molecule has 23 heavy (non-hydrogen) atoms. The molecule has 8 heteroatoms. The lowest BCUT2D eigenvalue weighted by Gasteiger charge is -2.31. The van der Waals surface area contributed by atoms with Crippen LogP contribution in [0.4, 0.5) is 0 Å². The van der Waals surface area contributed by atoms with E-state index >= 15 is 0 Å². The summed E-state index contributed by atoms with van der Waals surface area (Å²) in [6.07, 6.45) is 2.88. The van der Waals surface area contributed by atoms with Gasteiger partial charge in [-0.2, -0.15) is 0 Å². The number of carbonyl (C=O) groups excluding carboxylic acids is 1. The molecular formula is C15H17N5O3. The molecule has 1 fully saturated rings. The van der Waals surface area contributed by atoms with Crippen LogP contribution in [-0.2, 0) is 16.0 Å². The number of likely N-dealkylation sites (tertiary alicyclic amines) is 1. The first kappa shape index (κ1) is 15.1. The summed E-state index contributed by atoms with van der Waals surface area (Å²) in [7, 11) is 0. The Labute approximate surface area is 132 Å². The van der Waals surface area contributed by atoms with E-state index in [1.54, 1.807) is 6.92 Å².